The minimum absolute atomic E-state index is 0.268. The molecule has 2 aromatic carbocycles. The van der Waals surface area contributed by atoms with E-state index in [4.69, 9.17) is 10.5 Å². The van der Waals surface area contributed by atoms with Crippen LogP contribution in [0.2, 0.25) is 0 Å². The van der Waals surface area contributed by atoms with Crippen LogP contribution in [-0.2, 0) is 22.5 Å². The highest BCUT2D eigenvalue weighted by Crippen LogP contribution is 2.22. The first kappa shape index (κ1) is 24.4. The first-order valence-corrected chi connectivity index (χ1v) is 12.1. The van der Waals surface area contributed by atoms with Crippen LogP contribution in [-0.4, -0.2) is 73.7 Å². The third-order valence-corrected chi connectivity index (χ3v) is 6.98. The minimum atomic E-state index is -0.951. The zero-order valence-electron chi connectivity index (χ0n) is 20.0. The summed E-state index contributed by atoms with van der Waals surface area (Å²) in [4.78, 5) is 17.5. The number of hydrogen-bond donors (Lipinski definition) is 2. The third-order valence-electron chi connectivity index (χ3n) is 6.98. The fourth-order valence-corrected chi connectivity index (χ4v) is 4.53. The molecule has 2 aliphatic heterocycles. The summed E-state index contributed by atoms with van der Waals surface area (Å²) in [5.74, 6) is -0.268. The molecule has 0 radical (unpaired) electrons. The van der Waals surface area contributed by atoms with Crippen LogP contribution in [0.4, 0.5) is 0 Å². The minimum Gasteiger partial charge on any atom is -0.381 e. The van der Waals surface area contributed by atoms with Crippen LogP contribution < -0.4 is 11.1 Å². The average Bonchev–Trinajstić information content (AvgIpc) is 2.86. The summed E-state index contributed by atoms with van der Waals surface area (Å²) in [5, 5.41) is 12.4. The molecule has 7 heteroatoms. The quantitative estimate of drug-likeness (QED) is 0.656. The van der Waals surface area contributed by atoms with Crippen LogP contribution in [0.15, 0.2) is 48.5 Å². The number of benzene rings is 2. The Kier molecular flexibility index (Phi) is 7.96. The fraction of sp³-hybridized carbons (Fsp3) is 0.481. The van der Waals surface area contributed by atoms with Crippen molar-refractivity contribution in [1.82, 2.24) is 15.1 Å². The molecule has 0 aromatic heterocycles. The summed E-state index contributed by atoms with van der Waals surface area (Å²) in [7, 11) is 2.18. The zero-order chi connectivity index (χ0) is 24.0. The highest BCUT2D eigenvalue weighted by Gasteiger charge is 2.36. The van der Waals surface area contributed by atoms with Gasteiger partial charge in [-0.25, -0.2) is 0 Å². The van der Waals surface area contributed by atoms with Crippen LogP contribution in [0.1, 0.15) is 24.0 Å². The van der Waals surface area contributed by atoms with Gasteiger partial charge >= 0.3 is 0 Å². The Labute approximate surface area is 202 Å². The van der Waals surface area contributed by atoms with Gasteiger partial charge in [0.05, 0.1) is 11.6 Å². The van der Waals surface area contributed by atoms with E-state index in [2.05, 4.69) is 64.6 Å². The number of hydrogen-bond acceptors (Lipinski definition) is 6. The van der Waals surface area contributed by atoms with E-state index in [0.717, 1.165) is 43.9 Å². The number of nitrogens with zero attached hydrogens (tertiary/aromatic N) is 3. The van der Waals surface area contributed by atoms with Gasteiger partial charge in [-0.05, 0) is 42.1 Å². The average molecular weight is 462 g/mol. The molecule has 0 spiro atoms. The number of nitrogens with two attached hydrogens (primary N) is 1. The number of nitriles is 1. The Bertz CT molecular complexity index is 985. The molecule has 2 aromatic rings. The van der Waals surface area contributed by atoms with Crippen molar-refractivity contribution >= 4 is 5.91 Å². The number of piperazine rings is 1. The SMILES string of the molecule is CN1CCN(Cc2ccc(-c3ccc(CC(C#N)NC(=O)C4(N)CCOCC4)cc3)cc2)CC1. The Morgan fingerprint density at radius 3 is 2.15 bits per heavy atom. The first-order chi connectivity index (χ1) is 16.4. The lowest BCUT2D eigenvalue weighted by atomic mass is 9.90. The van der Waals surface area contributed by atoms with Gasteiger partial charge in [0.15, 0.2) is 0 Å². The third kappa shape index (κ3) is 6.22. The number of nitrogens with one attached hydrogen (secondary N) is 1. The monoisotopic (exact) mass is 461 g/mol. The lowest BCUT2D eigenvalue weighted by molar-refractivity contribution is -0.130. The molecule has 2 heterocycles. The smallest absolute Gasteiger partial charge is 0.241 e. The molecular weight excluding hydrogens is 426 g/mol. The van der Waals surface area contributed by atoms with E-state index in [-0.39, 0.29) is 5.91 Å². The van der Waals surface area contributed by atoms with E-state index in [9.17, 15) is 10.1 Å². The maximum absolute atomic E-state index is 12.6. The van der Waals surface area contributed by atoms with Crippen molar-refractivity contribution < 1.29 is 9.53 Å². The van der Waals surface area contributed by atoms with Crippen molar-refractivity contribution in [1.29, 1.82) is 5.26 Å². The fourth-order valence-electron chi connectivity index (χ4n) is 4.53. The molecule has 1 amide bonds. The standard InChI is InChI=1S/C27H35N5O2/c1-31-12-14-32(15-13-31)20-22-4-8-24(9-5-22)23-6-2-21(3-7-23)18-25(19-28)30-26(33)27(29)10-16-34-17-11-27/h2-9,25H,10-18,20,29H2,1H3,(H,30,33). The van der Waals surface area contributed by atoms with E-state index < -0.39 is 11.6 Å². The van der Waals surface area contributed by atoms with Crippen LogP contribution in [0.25, 0.3) is 11.1 Å². The lowest BCUT2D eigenvalue weighted by Gasteiger charge is -2.32. The molecule has 2 fully saturated rings. The number of likely N-dealkylation sites (N-methyl/N-ethyl adjacent to an activating group) is 1. The number of carbonyl (C=O) groups is 1. The second kappa shape index (κ2) is 11.1. The summed E-state index contributed by atoms with van der Waals surface area (Å²) in [6.45, 7) is 6.42. The van der Waals surface area contributed by atoms with E-state index in [1.807, 2.05) is 12.1 Å². The molecule has 2 aliphatic rings. The molecule has 0 bridgehead atoms. The van der Waals surface area contributed by atoms with Gasteiger partial charge in [-0.3, -0.25) is 9.69 Å². The van der Waals surface area contributed by atoms with Crippen molar-refractivity contribution in [2.75, 3.05) is 46.4 Å². The predicted molar refractivity (Wildman–Crippen MR) is 133 cm³/mol. The first-order valence-electron chi connectivity index (χ1n) is 12.1. The number of rotatable bonds is 7. The summed E-state index contributed by atoms with van der Waals surface area (Å²) in [6, 6.07) is 18.5. The van der Waals surface area contributed by atoms with Gasteiger partial charge in [0.25, 0.3) is 0 Å². The van der Waals surface area contributed by atoms with E-state index in [1.54, 1.807) is 0 Å². The largest absolute Gasteiger partial charge is 0.381 e. The van der Waals surface area contributed by atoms with E-state index in [1.165, 1.54) is 11.1 Å². The molecule has 180 valence electrons. The van der Waals surface area contributed by atoms with Crippen molar-refractivity contribution in [2.45, 2.75) is 37.4 Å². The Hall–Kier alpha value is -2.76. The van der Waals surface area contributed by atoms with E-state index >= 15 is 0 Å². The normalized spacial score (nSPS) is 19.8. The molecule has 4 rings (SSSR count). The number of carbonyl (C=O) groups excluding carboxylic acids is 1. The maximum atomic E-state index is 12.6. The second-order valence-electron chi connectivity index (χ2n) is 9.60. The van der Waals surface area contributed by atoms with Crippen molar-refractivity contribution in [3.63, 3.8) is 0 Å². The summed E-state index contributed by atoms with van der Waals surface area (Å²) < 4.78 is 5.31. The van der Waals surface area contributed by atoms with Gasteiger partial charge < -0.3 is 20.7 Å². The van der Waals surface area contributed by atoms with Crippen molar-refractivity contribution in [2.24, 2.45) is 5.73 Å². The van der Waals surface area contributed by atoms with Crippen LogP contribution in [0.5, 0.6) is 0 Å². The highest BCUT2D eigenvalue weighted by molar-refractivity contribution is 5.86. The van der Waals surface area contributed by atoms with Crippen molar-refractivity contribution in [3.8, 4) is 17.2 Å². The van der Waals surface area contributed by atoms with Gasteiger partial charge in [0.2, 0.25) is 5.91 Å². The maximum Gasteiger partial charge on any atom is 0.241 e. The van der Waals surface area contributed by atoms with Crippen LogP contribution >= 0.6 is 0 Å². The topological polar surface area (TPSA) is 94.6 Å². The van der Waals surface area contributed by atoms with Gasteiger partial charge in [-0.15, -0.1) is 0 Å². The molecule has 34 heavy (non-hydrogen) atoms. The summed E-state index contributed by atoms with van der Waals surface area (Å²) in [5.41, 5.74) is 9.93. The highest BCUT2D eigenvalue weighted by atomic mass is 16.5. The van der Waals surface area contributed by atoms with Gasteiger partial charge in [0.1, 0.15) is 6.04 Å². The van der Waals surface area contributed by atoms with Crippen molar-refractivity contribution in [3.05, 3.63) is 59.7 Å². The predicted octanol–water partition coefficient (Wildman–Crippen LogP) is 2.16. The molecule has 7 nitrogen and oxygen atoms in total. The van der Waals surface area contributed by atoms with Crippen LogP contribution in [0, 0.1) is 11.3 Å². The lowest BCUT2D eigenvalue weighted by Crippen LogP contribution is -2.58. The number of amides is 1. The van der Waals surface area contributed by atoms with Gasteiger partial charge in [-0.2, -0.15) is 5.26 Å². The Balaban J connectivity index is 1.32. The molecule has 3 N–H and O–H groups in total. The summed E-state index contributed by atoms with van der Waals surface area (Å²) in [6.07, 6.45) is 1.39. The molecular formula is C27H35N5O2. The molecule has 2 saturated heterocycles. The molecule has 0 aliphatic carbocycles. The number of ether oxygens (including phenoxy) is 1. The Morgan fingerprint density at radius 1 is 1.03 bits per heavy atom. The van der Waals surface area contributed by atoms with Gasteiger partial charge in [-0.1, -0.05) is 48.5 Å². The second-order valence-corrected chi connectivity index (χ2v) is 9.60. The summed E-state index contributed by atoms with van der Waals surface area (Å²) >= 11 is 0. The van der Waals surface area contributed by atoms with Gasteiger partial charge in [0, 0.05) is 52.4 Å². The van der Waals surface area contributed by atoms with E-state index in [0.29, 0.717) is 32.5 Å². The molecule has 1 atom stereocenters. The zero-order valence-corrected chi connectivity index (χ0v) is 20.0. The van der Waals surface area contributed by atoms with Crippen LogP contribution in [0.3, 0.4) is 0 Å². The molecule has 1 unspecified atom stereocenters. The Morgan fingerprint density at radius 2 is 1.59 bits per heavy atom. The molecule has 0 saturated carbocycles.